The quantitative estimate of drug-likeness (QED) is 0.729. The number of aromatic nitrogens is 3. The van der Waals surface area contributed by atoms with E-state index in [1.54, 1.807) is 6.07 Å². The Hall–Kier alpha value is -2.05. The molecule has 0 unspecified atom stereocenters. The number of hydrogen-bond donors (Lipinski definition) is 0. The van der Waals surface area contributed by atoms with E-state index in [1.807, 2.05) is 29.5 Å². The van der Waals surface area contributed by atoms with Crippen LogP contribution in [0.2, 0.25) is 0 Å². The summed E-state index contributed by atoms with van der Waals surface area (Å²) in [7, 11) is 0. The predicted octanol–water partition coefficient (Wildman–Crippen LogP) is 2.43. The van der Waals surface area contributed by atoms with E-state index < -0.39 is 0 Å². The zero-order valence-corrected chi connectivity index (χ0v) is 13.1. The lowest BCUT2D eigenvalue weighted by Gasteiger charge is -2.33. The fraction of sp³-hybridized carbons (Fsp3) is 0.312. The largest absolute Gasteiger partial charge is 0.278 e. The lowest BCUT2D eigenvalue weighted by atomic mass is 10.0. The molecule has 22 heavy (non-hydrogen) atoms. The first-order valence-corrected chi connectivity index (χ1v) is 8.25. The van der Waals surface area contributed by atoms with Crippen LogP contribution >= 0.6 is 11.3 Å². The van der Waals surface area contributed by atoms with Gasteiger partial charge < -0.3 is 0 Å². The molecule has 1 aliphatic rings. The SMILES string of the molecule is C[C@H]1c2ccsc2CCN1Cn1nnc2ccccc2c1=O. The molecule has 5 nitrogen and oxygen atoms in total. The Morgan fingerprint density at radius 2 is 2.18 bits per heavy atom. The van der Waals surface area contributed by atoms with Gasteiger partial charge in [-0.05, 0) is 42.5 Å². The van der Waals surface area contributed by atoms with Crippen LogP contribution in [0.15, 0.2) is 40.5 Å². The van der Waals surface area contributed by atoms with Crippen molar-refractivity contribution in [3.05, 3.63) is 56.5 Å². The van der Waals surface area contributed by atoms with E-state index in [2.05, 4.69) is 33.6 Å². The van der Waals surface area contributed by atoms with E-state index in [-0.39, 0.29) is 5.56 Å². The summed E-state index contributed by atoms with van der Waals surface area (Å²) in [5.74, 6) is 0. The normalized spacial score (nSPS) is 18.5. The fourth-order valence-electron chi connectivity index (χ4n) is 3.04. The molecule has 112 valence electrons. The number of thiophene rings is 1. The highest BCUT2D eigenvalue weighted by Gasteiger charge is 2.25. The lowest BCUT2D eigenvalue weighted by Crippen LogP contribution is -2.39. The molecular weight excluding hydrogens is 296 g/mol. The van der Waals surface area contributed by atoms with Gasteiger partial charge in [0.1, 0.15) is 5.52 Å². The first kappa shape index (κ1) is 13.6. The van der Waals surface area contributed by atoms with Gasteiger partial charge in [-0.25, -0.2) is 0 Å². The topological polar surface area (TPSA) is 51.0 Å². The summed E-state index contributed by atoms with van der Waals surface area (Å²) in [6.07, 6.45) is 1.03. The second-order valence-electron chi connectivity index (χ2n) is 5.59. The van der Waals surface area contributed by atoms with Gasteiger partial charge in [0.2, 0.25) is 0 Å². The molecule has 4 rings (SSSR count). The molecule has 0 N–H and O–H groups in total. The van der Waals surface area contributed by atoms with E-state index in [9.17, 15) is 4.79 Å². The highest BCUT2D eigenvalue weighted by atomic mass is 32.1. The average molecular weight is 312 g/mol. The maximum atomic E-state index is 12.5. The smallest absolute Gasteiger partial charge is 0.277 e. The first-order chi connectivity index (χ1) is 10.7. The first-order valence-electron chi connectivity index (χ1n) is 7.37. The molecule has 1 atom stereocenters. The monoisotopic (exact) mass is 312 g/mol. The fourth-order valence-corrected chi connectivity index (χ4v) is 4.01. The Bertz CT molecular complexity index is 885. The van der Waals surface area contributed by atoms with Gasteiger partial charge in [-0.1, -0.05) is 17.3 Å². The molecule has 0 saturated heterocycles. The number of nitrogens with zero attached hydrogens (tertiary/aromatic N) is 4. The number of fused-ring (bicyclic) bond motifs is 2. The van der Waals surface area contributed by atoms with Crippen LogP contribution in [0.25, 0.3) is 10.9 Å². The summed E-state index contributed by atoms with van der Waals surface area (Å²) in [6.45, 7) is 3.60. The third-order valence-electron chi connectivity index (χ3n) is 4.35. The minimum Gasteiger partial charge on any atom is -0.277 e. The average Bonchev–Trinajstić information content (AvgIpc) is 3.02. The third kappa shape index (κ3) is 2.15. The Morgan fingerprint density at radius 1 is 1.32 bits per heavy atom. The molecule has 2 aromatic heterocycles. The Balaban J connectivity index is 1.67. The molecule has 0 bridgehead atoms. The van der Waals surface area contributed by atoms with Crippen LogP contribution in [0, 0.1) is 0 Å². The third-order valence-corrected chi connectivity index (χ3v) is 5.35. The molecule has 0 amide bonds. The van der Waals surface area contributed by atoms with Crippen molar-refractivity contribution >= 4 is 22.2 Å². The molecular formula is C16H16N4OS. The van der Waals surface area contributed by atoms with E-state index in [4.69, 9.17) is 0 Å². The lowest BCUT2D eigenvalue weighted by molar-refractivity contribution is 0.140. The van der Waals surface area contributed by atoms with E-state index in [0.717, 1.165) is 13.0 Å². The number of hydrogen-bond acceptors (Lipinski definition) is 5. The number of rotatable bonds is 2. The summed E-state index contributed by atoms with van der Waals surface area (Å²) >= 11 is 1.82. The molecule has 1 aliphatic heterocycles. The predicted molar refractivity (Wildman–Crippen MR) is 86.9 cm³/mol. The molecule has 0 spiro atoms. The Morgan fingerprint density at radius 3 is 3.09 bits per heavy atom. The summed E-state index contributed by atoms with van der Waals surface area (Å²) in [6, 6.07) is 9.83. The maximum absolute atomic E-state index is 12.5. The van der Waals surface area contributed by atoms with E-state index >= 15 is 0 Å². The van der Waals surface area contributed by atoms with Crippen LogP contribution in [-0.4, -0.2) is 26.4 Å². The van der Waals surface area contributed by atoms with Crippen LogP contribution in [0.3, 0.4) is 0 Å². The molecule has 0 radical (unpaired) electrons. The molecule has 0 aliphatic carbocycles. The summed E-state index contributed by atoms with van der Waals surface area (Å²) in [5.41, 5.74) is 1.95. The zero-order chi connectivity index (χ0) is 15.1. The van der Waals surface area contributed by atoms with Crippen molar-refractivity contribution in [2.24, 2.45) is 0 Å². The van der Waals surface area contributed by atoms with Gasteiger partial charge in [0, 0.05) is 17.5 Å². The Kier molecular flexibility index (Phi) is 3.28. The number of benzene rings is 1. The van der Waals surface area contributed by atoms with Crippen molar-refractivity contribution in [1.82, 2.24) is 19.9 Å². The van der Waals surface area contributed by atoms with Crippen LogP contribution < -0.4 is 5.56 Å². The van der Waals surface area contributed by atoms with E-state index in [1.165, 1.54) is 15.1 Å². The highest BCUT2D eigenvalue weighted by Crippen LogP contribution is 2.32. The second-order valence-corrected chi connectivity index (χ2v) is 6.59. The van der Waals surface area contributed by atoms with Gasteiger partial charge in [-0.3, -0.25) is 9.69 Å². The van der Waals surface area contributed by atoms with Crippen LogP contribution in [0.4, 0.5) is 0 Å². The van der Waals surface area contributed by atoms with Crippen molar-refractivity contribution in [1.29, 1.82) is 0 Å². The van der Waals surface area contributed by atoms with Crippen LogP contribution in [0.5, 0.6) is 0 Å². The minimum atomic E-state index is -0.0751. The molecule has 3 aromatic rings. The second kappa shape index (κ2) is 5.30. The zero-order valence-electron chi connectivity index (χ0n) is 12.3. The molecule has 0 fully saturated rings. The maximum Gasteiger partial charge on any atom is 0.278 e. The van der Waals surface area contributed by atoms with Gasteiger partial charge in [0.15, 0.2) is 0 Å². The van der Waals surface area contributed by atoms with Crippen molar-refractivity contribution < 1.29 is 0 Å². The Labute approximate surface area is 131 Å². The molecule has 1 aromatic carbocycles. The molecule has 0 saturated carbocycles. The van der Waals surface area contributed by atoms with Crippen molar-refractivity contribution in [2.45, 2.75) is 26.1 Å². The van der Waals surface area contributed by atoms with Gasteiger partial charge in [-0.15, -0.1) is 16.4 Å². The molecule has 6 heteroatoms. The van der Waals surface area contributed by atoms with Crippen LogP contribution in [-0.2, 0) is 13.1 Å². The van der Waals surface area contributed by atoms with Gasteiger partial charge in [-0.2, -0.15) is 4.68 Å². The summed E-state index contributed by atoms with van der Waals surface area (Å²) in [4.78, 5) is 16.3. The van der Waals surface area contributed by atoms with Crippen molar-refractivity contribution in [3.63, 3.8) is 0 Å². The summed E-state index contributed by atoms with van der Waals surface area (Å²) < 4.78 is 1.47. The summed E-state index contributed by atoms with van der Waals surface area (Å²) in [5, 5.41) is 11.0. The van der Waals surface area contributed by atoms with Crippen molar-refractivity contribution in [3.8, 4) is 0 Å². The highest BCUT2D eigenvalue weighted by molar-refractivity contribution is 7.10. The molecule has 3 heterocycles. The van der Waals surface area contributed by atoms with Crippen LogP contribution in [0.1, 0.15) is 23.4 Å². The van der Waals surface area contributed by atoms with Gasteiger partial charge >= 0.3 is 0 Å². The van der Waals surface area contributed by atoms with Crippen molar-refractivity contribution in [2.75, 3.05) is 6.54 Å². The van der Waals surface area contributed by atoms with Gasteiger partial charge in [0.25, 0.3) is 5.56 Å². The van der Waals surface area contributed by atoms with Gasteiger partial charge in [0.05, 0.1) is 12.1 Å². The van der Waals surface area contributed by atoms with E-state index in [0.29, 0.717) is 23.6 Å². The standard InChI is InChI=1S/C16H16N4OS/c1-11-12-7-9-22-15(12)6-8-19(11)10-20-16(21)13-4-2-3-5-14(13)17-18-20/h2-5,7,9,11H,6,8,10H2,1H3/t11-/m0/s1. The minimum absolute atomic E-state index is 0.0751.